The molecule has 1 fully saturated rings. The molecule has 0 spiro atoms. The highest BCUT2D eigenvalue weighted by atomic mass is 32.1. The molecule has 9 nitrogen and oxygen atoms in total. The van der Waals surface area contributed by atoms with Gasteiger partial charge in [-0.3, -0.25) is 14.2 Å². The SMILES string of the molecule is C=C/C(=C\C(=C/C)OC)C(=O)Cn1cnc2c(C#N)c(N3CCCC(NC)C3)n(Cc3ccsc3)c2c1=O. The zero-order valence-electron chi connectivity index (χ0n) is 21.9. The molecule has 198 valence electrons. The average molecular weight is 533 g/mol. The summed E-state index contributed by atoms with van der Waals surface area (Å²) in [7, 11) is 3.46. The van der Waals surface area contributed by atoms with Gasteiger partial charge in [0.1, 0.15) is 34.2 Å². The summed E-state index contributed by atoms with van der Waals surface area (Å²) in [6.45, 7) is 7.24. The molecule has 10 heteroatoms. The van der Waals surface area contributed by atoms with Gasteiger partial charge in [-0.05, 0) is 61.4 Å². The Bertz CT molecular complexity index is 1490. The van der Waals surface area contributed by atoms with E-state index in [0.29, 0.717) is 40.3 Å². The third-order valence-electron chi connectivity index (χ3n) is 6.84. The summed E-state index contributed by atoms with van der Waals surface area (Å²) in [5.41, 5.74) is 2.04. The minimum Gasteiger partial charge on any atom is -0.497 e. The van der Waals surface area contributed by atoms with Crippen molar-refractivity contribution < 1.29 is 9.53 Å². The summed E-state index contributed by atoms with van der Waals surface area (Å²) in [6, 6.07) is 4.61. The van der Waals surface area contributed by atoms with Crippen LogP contribution in [-0.2, 0) is 22.6 Å². The lowest BCUT2D eigenvalue weighted by molar-refractivity contribution is -0.115. The monoisotopic (exact) mass is 532 g/mol. The zero-order chi connectivity index (χ0) is 27.2. The lowest BCUT2D eigenvalue weighted by Gasteiger charge is -2.35. The number of piperidine rings is 1. The van der Waals surface area contributed by atoms with E-state index in [4.69, 9.17) is 4.74 Å². The number of rotatable bonds is 10. The van der Waals surface area contributed by atoms with E-state index in [1.165, 1.54) is 24.1 Å². The molecule has 1 atom stereocenters. The van der Waals surface area contributed by atoms with Crippen molar-refractivity contribution in [1.82, 2.24) is 19.4 Å². The van der Waals surface area contributed by atoms with Crippen LogP contribution in [0.2, 0.25) is 0 Å². The van der Waals surface area contributed by atoms with Gasteiger partial charge in [0.15, 0.2) is 5.78 Å². The Balaban J connectivity index is 1.85. The number of ketones is 1. The number of anilines is 1. The Kier molecular flexibility index (Phi) is 8.61. The lowest BCUT2D eigenvalue weighted by Crippen LogP contribution is -2.45. The number of nitrogens with one attached hydrogen (secondary N) is 1. The summed E-state index contributed by atoms with van der Waals surface area (Å²) in [6.07, 6.45) is 8.13. The van der Waals surface area contributed by atoms with Crippen molar-refractivity contribution >= 4 is 34.0 Å². The molecule has 0 bridgehead atoms. The van der Waals surface area contributed by atoms with Crippen LogP contribution in [0.25, 0.3) is 11.0 Å². The van der Waals surface area contributed by atoms with Crippen LogP contribution in [0.3, 0.4) is 0 Å². The standard InChI is InChI=1S/C28H32N6O3S/c1-5-20(12-22(6-2)37-4)24(35)16-33-18-31-25-23(13-29)27(32-10-7-8-21(15-32)30-3)34(26(25)28(33)36)14-19-9-11-38-17-19/h5-6,9,11-12,17-18,21,30H,1,7-8,10,14-16H2,2-4H3/b20-12+,22-6+. The Hall–Kier alpha value is -3.94. The molecule has 38 heavy (non-hydrogen) atoms. The maximum atomic E-state index is 13.9. The van der Waals surface area contributed by atoms with Crippen LogP contribution in [0.15, 0.2) is 64.1 Å². The number of hydrogen-bond acceptors (Lipinski definition) is 8. The second-order valence-corrected chi connectivity index (χ2v) is 9.88. The number of nitrogens with zero attached hydrogens (tertiary/aromatic N) is 5. The van der Waals surface area contributed by atoms with Crippen LogP contribution in [0, 0.1) is 11.3 Å². The second-order valence-electron chi connectivity index (χ2n) is 9.10. The number of aromatic nitrogens is 3. The van der Waals surface area contributed by atoms with Gasteiger partial charge in [-0.15, -0.1) is 0 Å². The summed E-state index contributed by atoms with van der Waals surface area (Å²) < 4.78 is 8.44. The molecule has 1 aliphatic rings. The van der Waals surface area contributed by atoms with Crippen molar-refractivity contribution in [1.29, 1.82) is 5.26 Å². The van der Waals surface area contributed by atoms with E-state index in [2.05, 4.69) is 27.8 Å². The predicted molar refractivity (Wildman–Crippen MR) is 150 cm³/mol. The van der Waals surface area contributed by atoms with Crippen LogP contribution in [-0.4, -0.2) is 53.2 Å². The largest absolute Gasteiger partial charge is 0.497 e. The quantitative estimate of drug-likeness (QED) is 0.242. The van der Waals surface area contributed by atoms with Crippen LogP contribution in [0.1, 0.15) is 30.9 Å². The van der Waals surface area contributed by atoms with Crippen molar-refractivity contribution in [2.24, 2.45) is 0 Å². The van der Waals surface area contributed by atoms with Crippen LogP contribution >= 0.6 is 11.3 Å². The summed E-state index contributed by atoms with van der Waals surface area (Å²) in [5.74, 6) is 0.916. The minimum atomic E-state index is -0.370. The first kappa shape index (κ1) is 27.1. The molecule has 1 unspecified atom stereocenters. The molecule has 1 N–H and O–H groups in total. The number of carbonyl (C=O) groups excluding carboxylic acids is 1. The Morgan fingerprint density at radius 3 is 2.89 bits per heavy atom. The normalized spacial score (nSPS) is 16.5. The van der Waals surface area contributed by atoms with Gasteiger partial charge >= 0.3 is 0 Å². The van der Waals surface area contributed by atoms with Gasteiger partial charge in [0.25, 0.3) is 5.56 Å². The van der Waals surface area contributed by atoms with Gasteiger partial charge in [0, 0.05) is 24.7 Å². The zero-order valence-corrected chi connectivity index (χ0v) is 22.8. The number of methoxy groups -OCH3 is 1. The smallest absolute Gasteiger partial charge is 0.278 e. The van der Waals surface area contributed by atoms with E-state index in [1.54, 1.807) is 30.4 Å². The van der Waals surface area contributed by atoms with E-state index >= 15 is 0 Å². The van der Waals surface area contributed by atoms with E-state index in [-0.39, 0.29) is 23.9 Å². The van der Waals surface area contributed by atoms with Crippen molar-refractivity contribution in [3.05, 3.63) is 80.8 Å². The molecule has 4 rings (SSSR count). The molecule has 1 saturated heterocycles. The van der Waals surface area contributed by atoms with E-state index in [1.807, 2.05) is 28.4 Å². The number of likely N-dealkylation sites (N-methyl/N-ethyl adjacent to an activating group) is 1. The maximum absolute atomic E-state index is 13.9. The summed E-state index contributed by atoms with van der Waals surface area (Å²) in [5, 5.41) is 17.6. The molecule has 3 aromatic rings. The Morgan fingerprint density at radius 2 is 2.26 bits per heavy atom. The molecule has 0 radical (unpaired) electrons. The first-order valence-corrected chi connectivity index (χ1v) is 13.4. The fraction of sp³-hybridized carbons (Fsp3) is 0.357. The molecule has 0 aliphatic carbocycles. The van der Waals surface area contributed by atoms with Gasteiger partial charge in [-0.2, -0.15) is 16.6 Å². The number of nitriles is 1. The fourth-order valence-corrected chi connectivity index (χ4v) is 5.49. The third-order valence-corrected chi connectivity index (χ3v) is 7.57. The van der Waals surface area contributed by atoms with Crippen molar-refractivity contribution in [3.63, 3.8) is 0 Å². The third kappa shape index (κ3) is 5.35. The second kappa shape index (κ2) is 12.1. The van der Waals surface area contributed by atoms with Crippen molar-refractivity contribution in [3.8, 4) is 6.07 Å². The van der Waals surface area contributed by atoms with E-state index in [0.717, 1.165) is 31.5 Å². The molecular formula is C28H32N6O3S. The molecule has 0 saturated carbocycles. The molecule has 1 aliphatic heterocycles. The number of Topliss-reactive ketones (excluding diaryl/α,β-unsaturated/α-hetero) is 1. The maximum Gasteiger partial charge on any atom is 0.278 e. The topological polar surface area (TPSA) is 105 Å². The van der Waals surface area contributed by atoms with Gasteiger partial charge in [0.05, 0.1) is 26.5 Å². The Labute approximate surface area is 226 Å². The number of allylic oxidation sites excluding steroid dienone is 4. The van der Waals surface area contributed by atoms with Crippen LogP contribution < -0.4 is 15.8 Å². The minimum absolute atomic E-state index is 0.216. The van der Waals surface area contributed by atoms with Gasteiger partial charge in [0.2, 0.25) is 0 Å². The van der Waals surface area contributed by atoms with E-state index < -0.39 is 0 Å². The fourth-order valence-electron chi connectivity index (χ4n) is 4.83. The van der Waals surface area contributed by atoms with Gasteiger partial charge in [-0.1, -0.05) is 12.7 Å². The number of hydrogen-bond donors (Lipinski definition) is 1. The number of carbonyl (C=O) groups is 1. The highest BCUT2D eigenvalue weighted by Gasteiger charge is 2.29. The first-order valence-electron chi connectivity index (χ1n) is 12.5. The van der Waals surface area contributed by atoms with Crippen LogP contribution in [0.4, 0.5) is 5.82 Å². The predicted octanol–water partition coefficient (Wildman–Crippen LogP) is 3.60. The molecule has 4 heterocycles. The lowest BCUT2D eigenvalue weighted by atomic mass is 10.1. The van der Waals surface area contributed by atoms with E-state index in [9.17, 15) is 14.9 Å². The molecule has 3 aromatic heterocycles. The van der Waals surface area contributed by atoms with Crippen molar-refractivity contribution in [2.45, 2.75) is 38.9 Å². The van der Waals surface area contributed by atoms with Crippen LogP contribution in [0.5, 0.6) is 0 Å². The summed E-state index contributed by atoms with van der Waals surface area (Å²) >= 11 is 1.58. The highest BCUT2D eigenvalue weighted by molar-refractivity contribution is 7.07. The number of ether oxygens (including phenoxy) is 1. The Morgan fingerprint density at radius 1 is 1.45 bits per heavy atom. The molecule has 0 aromatic carbocycles. The average Bonchev–Trinajstić information content (AvgIpc) is 3.57. The van der Waals surface area contributed by atoms with Gasteiger partial charge in [-0.25, -0.2) is 4.98 Å². The first-order chi connectivity index (χ1) is 18.4. The summed E-state index contributed by atoms with van der Waals surface area (Å²) in [4.78, 5) is 33.7. The molecular weight excluding hydrogens is 500 g/mol. The molecule has 0 amide bonds. The van der Waals surface area contributed by atoms with Crippen molar-refractivity contribution in [2.75, 3.05) is 32.1 Å². The van der Waals surface area contributed by atoms with Gasteiger partial charge < -0.3 is 19.5 Å². The number of thiophene rings is 1. The highest BCUT2D eigenvalue weighted by Crippen LogP contribution is 2.32. The number of fused-ring (bicyclic) bond motifs is 1.